The lowest BCUT2D eigenvalue weighted by atomic mass is 10.1. The number of anilines is 1. The van der Waals surface area contributed by atoms with Crippen LogP contribution in [0.15, 0.2) is 51.4 Å². The SMILES string of the molecule is O=C(Nc1c(Br)cc(Br)cc1CN1CCN(CC(=O)N2CCOCC2)CC1)c1ccccc1. The van der Waals surface area contributed by atoms with E-state index < -0.39 is 0 Å². The Balaban J connectivity index is 1.36. The predicted molar refractivity (Wildman–Crippen MR) is 135 cm³/mol. The van der Waals surface area contributed by atoms with Crippen molar-refractivity contribution in [3.05, 3.63) is 62.5 Å². The van der Waals surface area contributed by atoms with Gasteiger partial charge in [0, 0.05) is 60.3 Å². The Hall–Kier alpha value is -1.78. The van der Waals surface area contributed by atoms with Crippen LogP contribution >= 0.6 is 31.9 Å². The number of rotatable bonds is 6. The van der Waals surface area contributed by atoms with Crippen LogP contribution in [-0.4, -0.2) is 85.5 Å². The van der Waals surface area contributed by atoms with Crippen LogP contribution in [0.5, 0.6) is 0 Å². The maximum absolute atomic E-state index is 12.8. The Kier molecular flexibility index (Phi) is 8.54. The molecule has 2 aromatic rings. The van der Waals surface area contributed by atoms with Gasteiger partial charge in [0.15, 0.2) is 0 Å². The summed E-state index contributed by atoms with van der Waals surface area (Å²) < 4.78 is 7.13. The van der Waals surface area contributed by atoms with Crippen molar-refractivity contribution in [2.75, 3.05) is 64.3 Å². The van der Waals surface area contributed by atoms with Crippen LogP contribution in [0.25, 0.3) is 0 Å². The maximum Gasteiger partial charge on any atom is 0.255 e. The molecule has 2 saturated heterocycles. The normalized spacial score (nSPS) is 17.7. The van der Waals surface area contributed by atoms with Crippen LogP contribution in [-0.2, 0) is 16.1 Å². The summed E-state index contributed by atoms with van der Waals surface area (Å²) in [6.07, 6.45) is 0. The van der Waals surface area contributed by atoms with Crippen molar-refractivity contribution < 1.29 is 14.3 Å². The fourth-order valence-corrected chi connectivity index (χ4v) is 5.53. The number of nitrogens with zero attached hydrogens (tertiary/aromatic N) is 3. The molecule has 2 amide bonds. The lowest BCUT2D eigenvalue weighted by Gasteiger charge is -2.36. The number of hydrogen-bond donors (Lipinski definition) is 1. The summed E-state index contributed by atoms with van der Waals surface area (Å²) in [7, 11) is 0. The van der Waals surface area contributed by atoms with Gasteiger partial charge in [0.2, 0.25) is 5.91 Å². The smallest absolute Gasteiger partial charge is 0.255 e. The third-order valence-corrected chi connectivity index (χ3v) is 7.08. The van der Waals surface area contributed by atoms with Gasteiger partial charge in [0.05, 0.1) is 25.4 Å². The topological polar surface area (TPSA) is 65.1 Å². The number of carbonyl (C=O) groups excluding carboxylic acids is 2. The second kappa shape index (κ2) is 11.6. The number of benzene rings is 2. The zero-order chi connectivity index (χ0) is 23.2. The Morgan fingerprint density at radius 3 is 2.27 bits per heavy atom. The van der Waals surface area contributed by atoms with Crippen LogP contribution in [0.2, 0.25) is 0 Å². The van der Waals surface area contributed by atoms with E-state index in [1.807, 2.05) is 29.2 Å². The zero-order valence-corrected chi connectivity index (χ0v) is 21.6. The molecule has 2 aromatic carbocycles. The van der Waals surface area contributed by atoms with Gasteiger partial charge in [-0.3, -0.25) is 19.4 Å². The number of halogens is 2. The highest BCUT2D eigenvalue weighted by Crippen LogP contribution is 2.32. The minimum atomic E-state index is -0.133. The van der Waals surface area contributed by atoms with Crippen LogP contribution in [0.3, 0.4) is 0 Å². The lowest BCUT2D eigenvalue weighted by Crippen LogP contribution is -2.51. The number of ether oxygens (including phenoxy) is 1. The molecule has 0 aromatic heterocycles. The van der Waals surface area contributed by atoms with Crippen molar-refractivity contribution in [2.45, 2.75) is 6.54 Å². The van der Waals surface area contributed by atoms with Crippen LogP contribution in [0.1, 0.15) is 15.9 Å². The van der Waals surface area contributed by atoms with E-state index in [0.717, 1.165) is 46.4 Å². The highest BCUT2D eigenvalue weighted by atomic mass is 79.9. The van der Waals surface area contributed by atoms with Gasteiger partial charge in [-0.25, -0.2) is 0 Å². The van der Waals surface area contributed by atoms with Gasteiger partial charge in [-0.1, -0.05) is 34.1 Å². The Morgan fingerprint density at radius 2 is 1.58 bits per heavy atom. The van der Waals surface area contributed by atoms with E-state index in [2.05, 4.69) is 53.0 Å². The molecule has 176 valence electrons. The molecule has 33 heavy (non-hydrogen) atoms. The number of carbonyl (C=O) groups is 2. The van der Waals surface area contributed by atoms with Crippen molar-refractivity contribution in [3.8, 4) is 0 Å². The Morgan fingerprint density at radius 1 is 0.909 bits per heavy atom. The summed E-state index contributed by atoms with van der Waals surface area (Å²) in [6.45, 7) is 7.24. The number of amides is 2. The largest absolute Gasteiger partial charge is 0.378 e. The van der Waals surface area contributed by atoms with Gasteiger partial charge in [-0.2, -0.15) is 0 Å². The monoisotopic (exact) mass is 578 g/mol. The molecule has 0 aliphatic carbocycles. The first-order valence-corrected chi connectivity index (χ1v) is 12.7. The van der Waals surface area contributed by atoms with Gasteiger partial charge in [0.1, 0.15) is 0 Å². The Labute approximate surface area is 211 Å². The zero-order valence-electron chi connectivity index (χ0n) is 18.4. The van der Waals surface area contributed by atoms with E-state index in [4.69, 9.17) is 4.74 Å². The van der Waals surface area contributed by atoms with Gasteiger partial charge in [-0.15, -0.1) is 0 Å². The molecule has 4 rings (SSSR count). The molecular formula is C24H28Br2N4O3. The molecule has 2 aliphatic heterocycles. The molecule has 9 heteroatoms. The first-order chi connectivity index (χ1) is 16.0. The average Bonchev–Trinajstić information content (AvgIpc) is 2.83. The molecule has 2 aliphatic rings. The van der Waals surface area contributed by atoms with Gasteiger partial charge >= 0.3 is 0 Å². The lowest BCUT2D eigenvalue weighted by molar-refractivity contribution is -0.136. The number of nitrogens with one attached hydrogen (secondary N) is 1. The van der Waals surface area contributed by atoms with Crippen molar-refractivity contribution in [2.24, 2.45) is 0 Å². The van der Waals surface area contributed by atoms with E-state index in [1.54, 1.807) is 12.1 Å². The van der Waals surface area contributed by atoms with Crippen molar-refractivity contribution in [1.29, 1.82) is 0 Å². The van der Waals surface area contributed by atoms with Gasteiger partial charge in [-0.05, 0) is 45.8 Å². The molecule has 2 fully saturated rings. The second-order valence-corrected chi connectivity index (χ2v) is 10.1. The molecule has 0 spiro atoms. The van der Waals surface area contributed by atoms with E-state index >= 15 is 0 Å². The predicted octanol–water partition coefficient (Wildman–Crippen LogP) is 3.44. The summed E-state index contributed by atoms with van der Waals surface area (Å²) in [4.78, 5) is 31.8. The summed E-state index contributed by atoms with van der Waals surface area (Å²) in [6, 6.07) is 13.2. The number of piperazine rings is 1. The summed E-state index contributed by atoms with van der Waals surface area (Å²) in [5.74, 6) is 0.0555. The fraction of sp³-hybridized carbons (Fsp3) is 0.417. The third kappa shape index (κ3) is 6.64. The molecule has 7 nitrogen and oxygen atoms in total. The van der Waals surface area contributed by atoms with E-state index in [1.165, 1.54) is 0 Å². The molecule has 0 atom stereocenters. The van der Waals surface area contributed by atoms with Crippen LogP contribution in [0, 0.1) is 0 Å². The minimum Gasteiger partial charge on any atom is -0.378 e. The molecule has 0 unspecified atom stereocenters. The minimum absolute atomic E-state index is 0.133. The quantitative estimate of drug-likeness (QED) is 0.568. The van der Waals surface area contributed by atoms with E-state index in [0.29, 0.717) is 45.0 Å². The molecule has 0 saturated carbocycles. The first-order valence-electron chi connectivity index (χ1n) is 11.1. The molecule has 2 heterocycles. The molecule has 0 radical (unpaired) electrons. The van der Waals surface area contributed by atoms with E-state index in [-0.39, 0.29) is 11.8 Å². The van der Waals surface area contributed by atoms with Gasteiger partial charge in [0.25, 0.3) is 5.91 Å². The van der Waals surface area contributed by atoms with Crippen LogP contribution in [0.4, 0.5) is 5.69 Å². The average molecular weight is 580 g/mol. The third-order valence-electron chi connectivity index (χ3n) is 5.99. The number of hydrogen-bond acceptors (Lipinski definition) is 5. The Bertz CT molecular complexity index is 975. The second-order valence-electron chi connectivity index (χ2n) is 8.29. The van der Waals surface area contributed by atoms with Crippen molar-refractivity contribution >= 4 is 49.4 Å². The molecular weight excluding hydrogens is 552 g/mol. The number of morpholine rings is 1. The fourth-order valence-electron chi connectivity index (χ4n) is 4.12. The van der Waals surface area contributed by atoms with Crippen molar-refractivity contribution in [1.82, 2.24) is 14.7 Å². The summed E-state index contributed by atoms with van der Waals surface area (Å²) in [5.41, 5.74) is 2.45. The standard InChI is InChI=1S/C24H28Br2N4O3/c25-20-14-19(23(21(26)15-20)27-24(32)18-4-2-1-3-5-18)16-28-6-8-29(9-7-28)17-22(31)30-10-12-33-13-11-30/h1-5,14-15H,6-13,16-17H2,(H,27,32). The first kappa shape index (κ1) is 24.3. The van der Waals surface area contributed by atoms with E-state index in [9.17, 15) is 9.59 Å². The van der Waals surface area contributed by atoms with Gasteiger partial charge < -0.3 is 15.0 Å². The maximum atomic E-state index is 12.8. The molecule has 1 N–H and O–H groups in total. The van der Waals surface area contributed by atoms with Crippen molar-refractivity contribution in [3.63, 3.8) is 0 Å². The highest BCUT2D eigenvalue weighted by molar-refractivity contribution is 9.11. The summed E-state index contributed by atoms with van der Waals surface area (Å²) >= 11 is 7.19. The van der Waals surface area contributed by atoms with Crippen LogP contribution < -0.4 is 5.32 Å². The highest BCUT2D eigenvalue weighted by Gasteiger charge is 2.24. The molecule has 0 bridgehead atoms. The summed E-state index contributed by atoms with van der Waals surface area (Å²) in [5, 5.41) is 3.08.